The lowest BCUT2D eigenvalue weighted by atomic mass is 10.3. The Kier molecular flexibility index (Phi) is 5.59. The molecule has 0 bridgehead atoms. The molecule has 0 radical (unpaired) electrons. The molecule has 0 atom stereocenters. The fourth-order valence-electron chi connectivity index (χ4n) is 2.32. The number of rotatable bonds is 3. The van der Waals surface area contributed by atoms with Crippen LogP contribution in [0.1, 0.15) is 23.8 Å². The Morgan fingerprint density at radius 2 is 2.09 bits per heavy atom. The lowest BCUT2D eigenvalue weighted by Gasteiger charge is -2.22. The number of ether oxygens (including phenoxy) is 1. The molecule has 2 rings (SSSR count). The zero-order valence-electron chi connectivity index (χ0n) is 12.4. The number of amides is 2. The van der Waals surface area contributed by atoms with E-state index in [9.17, 15) is 9.59 Å². The Morgan fingerprint density at radius 1 is 1.32 bits per heavy atom. The molecule has 1 fully saturated rings. The zero-order chi connectivity index (χ0) is 16.1. The van der Waals surface area contributed by atoms with E-state index in [1.54, 1.807) is 17.9 Å². The second-order valence-corrected chi connectivity index (χ2v) is 5.74. The second-order valence-electron chi connectivity index (χ2n) is 4.89. The summed E-state index contributed by atoms with van der Waals surface area (Å²) < 4.78 is 5.61. The summed E-state index contributed by atoms with van der Waals surface area (Å²) in [6.07, 6.45) is 0.801. The van der Waals surface area contributed by atoms with E-state index < -0.39 is 12.0 Å². The van der Waals surface area contributed by atoms with Gasteiger partial charge in [0.1, 0.15) is 5.82 Å². The molecule has 7 nitrogen and oxygen atoms in total. The minimum Gasteiger partial charge on any atom is -0.461 e. The van der Waals surface area contributed by atoms with Crippen LogP contribution in [0.5, 0.6) is 0 Å². The fraction of sp³-hybridized carbons (Fsp3) is 0.500. The molecule has 2 N–H and O–H groups in total. The Balaban J connectivity index is 2.17. The molecule has 0 unspecified atom stereocenters. The van der Waals surface area contributed by atoms with Crippen molar-refractivity contribution in [1.29, 1.82) is 0 Å². The summed E-state index contributed by atoms with van der Waals surface area (Å²) >= 11 is 3.32. The molecule has 22 heavy (non-hydrogen) atoms. The number of anilines is 1. The van der Waals surface area contributed by atoms with Gasteiger partial charge in [-0.3, -0.25) is 0 Å². The number of pyridine rings is 1. The van der Waals surface area contributed by atoms with E-state index >= 15 is 0 Å². The topological polar surface area (TPSA) is 88.8 Å². The third kappa shape index (κ3) is 3.88. The summed E-state index contributed by atoms with van der Waals surface area (Å²) in [4.78, 5) is 31.2. The number of primary amides is 1. The molecule has 1 aromatic heterocycles. The molecule has 1 aliphatic rings. The van der Waals surface area contributed by atoms with E-state index in [2.05, 4.69) is 20.9 Å². The molecule has 120 valence electrons. The van der Waals surface area contributed by atoms with Gasteiger partial charge in [0, 0.05) is 26.2 Å². The normalized spacial score (nSPS) is 15.4. The number of nitrogens with two attached hydrogens (primary N) is 1. The number of nitrogens with zero attached hydrogens (tertiary/aromatic N) is 3. The molecular weight excluding hydrogens is 352 g/mol. The van der Waals surface area contributed by atoms with Crippen LogP contribution >= 0.6 is 15.9 Å². The number of aromatic nitrogens is 1. The van der Waals surface area contributed by atoms with Gasteiger partial charge in [0.25, 0.3) is 0 Å². The number of halogens is 1. The Labute approximate surface area is 137 Å². The van der Waals surface area contributed by atoms with Crippen molar-refractivity contribution in [2.75, 3.05) is 37.7 Å². The highest BCUT2D eigenvalue weighted by atomic mass is 79.9. The van der Waals surface area contributed by atoms with E-state index in [0.29, 0.717) is 36.5 Å². The van der Waals surface area contributed by atoms with Crippen LogP contribution in [0.3, 0.4) is 0 Å². The first-order chi connectivity index (χ1) is 10.5. The first-order valence-electron chi connectivity index (χ1n) is 7.16. The average Bonchev–Trinajstić information content (AvgIpc) is 2.74. The molecule has 1 saturated heterocycles. The molecular formula is C14H19BrN4O3. The first-order valence-corrected chi connectivity index (χ1v) is 7.95. The third-order valence-corrected chi connectivity index (χ3v) is 4.07. The van der Waals surface area contributed by atoms with E-state index in [-0.39, 0.29) is 5.69 Å². The summed E-state index contributed by atoms with van der Waals surface area (Å²) in [5, 5.41) is 0. The van der Waals surface area contributed by atoms with E-state index in [0.717, 1.165) is 13.0 Å². The van der Waals surface area contributed by atoms with E-state index in [1.807, 2.05) is 11.0 Å². The maximum atomic E-state index is 11.9. The van der Waals surface area contributed by atoms with Crippen LogP contribution in [0, 0.1) is 0 Å². The lowest BCUT2D eigenvalue weighted by Crippen LogP contribution is -2.38. The van der Waals surface area contributed by atoms with Gasteiger partial charge in [-0.1, -0.05) is 0 Å². The summed E-state index contributed by atoms with van der Waals surface area (Å²) in [6, 6.07) is 3.22. The van der Waals surface area contributed by atoms with Crippen molar-refractivity contribution in [3.8, 4) is 0 Å². The fourth-order valence-corrected chi connectivity index (χ4v) is 2.70. The van der Waals surface area contributed by atoms with Crippen LogP contribution in [0.25, 0.3) is 0 Å². The summed E-state index contributed by atoms with van der Waals surface area (Å²) in [5.41, 5.74) is 5.58. The monoisotopic (exact) mass is 370 g/mol. The largest absolute Gasteiger partial charge is 0.461 e. The van der Waals surface area contributed by atoms with Crippen molar-refractivity contribution in [2.45, 2.75) is 13.3 Å². The maximum Gasteiger partial charge on any atom is 0.358 e. The number of carbonyl (C=O) groups is 2. The van der Waals surface area contributed by atoms with Crippen LogP contribution in [-0.2, 0) is 4.74 Å². The van der Waals surface area contributed by atoms with Crippen molar-refractivity contribution < 1.29 is 14.3 Å². The number of carbonyl (C=O) groups excluding carboxylic acids is 2. The van der Waals surface area contributed by atoms with Crippen molar-refractivity contribution in [3.63, 3.8) is 0 Å². The van der Waals surface area contributed by atoms with Gasteiger partial charge >= 0.3 is 12.0 Å². The lowest BCUT2D eigenvalue weighted by molar-refractivity contribution is 0.0518. The molecule has 0 aliphatic carbocycles. The number of hydrogen-bond donors (Lipinski definition) is 1. The average molecular weight is 371 g/mol. The highest BCUT2D eigenvalue weighted by molar-refractivity contribution is 9.10. The van der Waals surface area contributed by atoms with Gasteiger partial charge in [-0.25, -0.2) is 14.6 Å². The molecule has 2 amide bonds. The standard InChI is InChI=1S/C14H19BrN4O3/c1-2-22-13(20)12-10(15)4-5-11(17-12)18-6-3-7-19(9-8-18)14(16)21/h4-5H,2-3,6-9H2,1H3,(H2,16,21). The summed E-state index contributed by atoms with van der Waals surface area (Å²) in [5.74, 6) is 0.238. The second kappa shape index (κ2) is 7.44. The minimum absolute atomic E-state index is 0.260. The quantitative estimate of drug-likeness (QED) is 0.816. The highest BCUT2D eigenvalue weighted by Crippen LogP contribution is 2.21. The van der Waals surface area contributed by atoms with Crippen molar-refractivity contribution in [1.82, 2.24) is 9.88 Å². The Morgan fingerprint density at radius 3 is 2.77 bits per heavy atom. The van der Waals surface area contributed by atoms with Crippen molar-refractivity contribution in [2.24, 2.45) is 5.73 Å². The van der Waals surface area contributed by atoms with Gasteiger partial charge in [0.15, 0.2) is 5.69 Å². The SMILES string of the molecule is CCOC(=O)c1nc(N2CCCN(C(N)=O)CC2)ccc1Br. The molecule has 2 heterocycles. The van der Waals surface area contributed by atoms with Crippen LogP contribution < -0.4 is 10.6 Å². The minimum atomic E-state index is -0.454. The van der Waals surface area contributed by atoms with Gasteiger partial charge in [-0.2, -0.15) is 0 Å². The predicted molar refractivity (Wildman–Crippen MR) is 85.9 cm³/mol. The van der Waals surface area contributed by atoms with E-state index in [4.69, 9.17) is 10.5 Å². The Hall–Kier alpha value is -1.83. The van der Waals surface area contributed by atoms with Gasteiger partial charge in [-0.05, 0) is 41.4 Å². The maximum absolute atomic E-state index is 11.9. The number of hydrogen-bond acceptors (Lipinski definition) is 5. The van der Waals surface area contributed by atoms with Crippen LogP contribution in [-0.4, -0.2) is 54.7 Å². The van der Waals surface area contributed by atoms with Gasteiger partial charge in [0.05, 0.1) is 11.1 Å². The first kappa shape index (κ1) is 16.5. The third-order valence-electron chi connectivity index (χ3n) is 3.43. The zero-order valence-corrected chi connectivity index (χ0v) is 14.0. The van der Waals surface area contributed by atoms with Gasteiger partial charge in [0.2, 0.25) is 0 Å². The van der Waals surface area contributed by atoms with Crippen LogP contribution in [0.2, 0.25) is 0 Å². The smallest absolute Gasteiger partial charge is 0.358 e. The number of urea groups is 1. The van der Waals surface area contributed by atoms with Crippen LogP contribution in [0.15, 0.2) is 16.6 Å². The molecule has 8 heteroatoms. The van der Waals surface area contributed by atoms with Crippen LogP contribution in [0.4, 0.5) is 10.6 Å². The molecule has 1 aliphatic heterocycles. The van der Waals surface area contributed by atoms with Gasteiger partial charge in [-0.15, -0.1) is 0 Å². The molecule has 0 saturated carbocycles. The highest BCUT2D eigenvalue weighted by Gasteiger charge is 2.20. The molecule has 1 aromatic rings. The summed E-state index contributed by atoms with van der Waals surface area (Å²) in [6.45, 7) is 4.60. The Bertz CT molecular complexity index is 567. The molecule has 0 spiro atoms. The van der Waals surface area contributed by atoms with Crippen molar-refractivity contribution in [3.05, 3.63) is 22.3 Å². The summed E-state index contributed by atoms with van der Waals surface area (Å²) in [7, 11) is 0. The number of esters is 1. The van der Waals surface area contributed by atoms with Gasteiger partial charge < -0.3 is 20.3 Å². The predicted octanol–water partition coefficient (Wildman–Crippen LogP) is 1.61. The van der Waals surface area contributed by atoms with Crippen molar-refractivity contribution >= 4 is 33.7 Å². The van der Waals surface area contributed by atoms with E-state index in [1.165, 1.54) is 0 Å². The molecule has 0 aromatic carbocycles.